The molecule has 0 aliphatic rings. The molecule has 0 aliphatic carbocycles. The van der Waals surface area contributed by atoms with E-state index in [1.807, 2.05) is 0 Å². The number of primary amides is 1. The van der Waals surface area contributed by atoms with Crippen molar-refractivity contribution in [1.29, 1.82) is 0 Å². The van der Waals surface area contributed by atoms with Crippen LogP contribution in [0.5, 0.6) is 0 Å². The van der Waals surface area contributed by atoms with Crippen molar-refractivity contribution in [2.24, 2.45) is 5.73 Å². The third kappa shape index (κ3) is 4.15. The Morgan fingerprint density at radius 1 is 1.33 bits per heavy atom. The molecule has 2 amide bonds. The van der Waals surface area contributed by atoms with Crippen LogP contribution < -0.4 is 11.1 Å². The molecule has 0 radical (unpaired) electrons. The largest absolute Gasteiger partial charge is 0.389 e. The van der Waals surface area contributed by atoms with E-state index in [2.05, 4.69) is 5.32 Å². The Bertz CT molecular complexity index is 417. The summed E-state index contributed by atoms with van der Waals surface area (Å²) in [6.07, 6.45) is -0.746. The van der Waals surface area contributed by atoms with Crippen LogP contribution in [0.15, 0.2) is 24.3 Å². The number of aliphatic hydroxyl groups is 1. The van der Waals surface area contributed by atoms with Gasteiger partial charge in [0.05, 0.1) is 12.7 Å². The summed E-state index contributed by atoms with van der Waals surface area (Å²) in [5.74, 6) is -0.876. The number of amides is 2. The van der Waals surface area contributed by atoms with Gasteiger partial charge in [0.1, 0.15) is 0 Å². The van der Waals surface area contributed by atoms with Crippen LogP contribution in [0, 0.1) is 0 Å². The smallest absolute Gasteiger partial charge is 0.251 e. The molecular formula is C12H16N2O4. The maximum Gasteiger partial charge on any atom is 0.251 e. The zero-order chi connectivity index (χ0) is 13.5. The first-order valence-electron chi connectivity index (χ1n) is 5.39. The number of nitrogens with one attached hydrogen (secondary N) is 1. The Labute approximate surface area is 105 Å². The van der Waals surface area contributed by atoms with Gasteiger partial charge in [-0.15, -0.1) is 0 Å². The van der Waals surface area contributed by atoms with Gasteiger partial charge in [-0.3, -0.25) is 9.59 Å². The number of hydrogen-bond donors (Lipinski definition) is 3. The van der Waals surface area contributed by atoms with Gasteiger partial charge in [0.2, 0.25) is 5.91 Å². The quantitative estimate of drug-likeness (QED) is 0.636. The average molecular weight is 252 g/mol. The molecule has 6 heteroatoms. The molecule has 4 N–H and O–H groups in total. The highest BCUT2D eigenvalue weighted by molar-refractivity contribution is 5.97. The van der Waals surface area contributed by atoms with E-state index in [1.165, 1.54) is 31.4 Å². The van der Waals surface area contributed by atoms with Gasteiger partial charge in [0, 0.05) is 24.8 Å². The predicted molar refractivity (Wildman–Crippen MR) is 65.2 cm³/mol. The summed E-state index contributed by atoms with van der Waals surface area (Å²) < 4.78 is 4.73. The lowest BCUT2D eigenvalue weighted by Crippen LogP contribution is -2.34. The van der Waals surface area contributed by atoms with Gasteiger partial charge in [-0.05, 0) is 24.3 Å². The number of rotatable bonds is 6. The number of ether oxygens (including phenoxy) is 1. The van der Waals surface area contributed by atoms with Crippen molar-refractivity contribution < 1.29 is 19.4 Å². The van der Waals surface area contributed by atoms with Crippen molar-refractivity contribution >= 4 is 11.8 Å². The minimum Gasteiger partial charge on any atom is -0.389 e. The molecule has 98 valence electrons. The van der Waals surface area contributed by atoms with Crippen molar-refractivity contribution in [2.75, 3.05) is 20.3 Å². The summed E-state index contributed by atoms with van der Waals surface area (Å²) in [7, 11) is 1.47. The molecule has 0 aromatic heterocycles. The fourth-order valence-electron chi connectivity index (χ4n) is 1.35. The molecule has 1 aromatic rings. The Morgan fingerprint density at radius 3 is 2.39 bits per heavy atom. The number of carbonyl (C=O) groups is 2. The molecule has 0 heterocycles. The van der Waals surface area contributed by atoms with E-state index in [0.29, 0.717) is 11.1 Å². The second-order valence-corrected chi connectivity index (χ2v) is 3.76. The lowest BCUT2D eigenvalue weighted by molar-refractivity contribution is 0.0610. The van der Waals surface area contributed by atoms with E-state index >= 15 is 0 Å². The zero-order valence-electron chi connectivity index (χ0n) is 10.1. The lowest BCUT2D eigenvalue weighted by Gasteiger charge is -2.10. The zero-order valence-corrected chi connectivity index (χ0v) is 10.1. The van der Waals surface area contributed by atoms with Gasteiger partial charge in [-0.2, -0.15) is 0 Å². The summed E-state index contributed by atoms with van der Waals surface area (Å²) in [5, 5.41) is 11.9. The van der Waals surface area contributed by atoms with E-state index in [-0.39, 0.29) is 19.1 Å². The molecule has 0 saturated heterocycles. The molecule has 6 nitrogen and oxygen atoms in total. The monoisotopic (exact) mass is 252 g/mol. The molecule has 1 rings (SSSR count). The van der Waals surface area contributed by atoms with Crippen LogP contribution in [-0.4, -0.2) is 43.3 Å². The number of carbonyl (C=O) groups excluding carboxylic acids is 2. The minimum absolute atomic E-state index is 0.101. The molecule has 0 aliphatic heterocycles. The van der Waals surface area contributed by atoms with Crippen LogP contribution in [0.2, 0.25) is 0 Å². The fraction of sp³-hybridized carbons (Fsp3) is 0.333. The third-order valence-electron chi connectivity index (χ3n) is 2.29. The Hall–Kier alpha value is -1.92. The van der Waals surface area contributed by atoms with Crippen molar-refractivity contribution in [3.63, 3.8) is 0 Å². The highest BCUT2D eigenvalue weighted by Gasteiger charge is 2.09. The van der Waals surface area contributed by atoms with Gasteiger partial charge in [-0.25, -0.2) is 0 Å². The first kappa shape index (κ1) is 14.1. The first-order valence-corrected chi connectivity index (χ1v) is 5.39. The molecule has 0 saturated carbocycles. The van der Waals surface area contributed by atoms with E-state index < -0.39 is 12.0 Å². The van der Waals surface area contributed by atoms with Crippen molar-refractivity contribution in [3.8, 4) is 0 Å². The number of nitrogens with two attached hydrogens (primary N) is 1. The summed E-state index contributed by atoms with van der Waals surface area (Å²) in [5.41, 5.74) is 5.82. The highest BCUT2D eigenvalue weighted by Crippen LogP contribution is 2.03. The van der Waals surface area contributed by atoms with Crippen LogP contribution in [0.3, 0.4) is 0 Å². The van der Waals surface area contributed by atoms with E-state index in [0.717, 1.165) is 0 Å². The molecule has 1 atom stereocenters. The van der Waals surface area contributed by atoms with Gasteiger partial charge < -0.3 is 20.9 Å². The second-order valence-electron chi connectivity index (χ2n) is 3.76. The topological polar surface area (TPSA) is 102 Å². The maximum absolute atomic E-state index is 11.7. The number of methoxy groups -OCH3 is 1. The Morgan fingerprint density at radius 2 is 1.89 bits per heavy atom. The maximum atomic E-state index is 11.7. The number of benzene rings is 1. The molecule has 1 aromatic carbocycles. The fourth-order valence-corrected chi connectivity index (χ4v) is 1.35. The van der Waals surface area contributed by atoms with Gasteiger partial charge in [-0.1, -0.05) is 0 Å². The number of hydrogen-bond acceptors (Lipinski definition) is 4. The highest BCUT2D eigenvalue weighted by atomic mass is 16.5. The summed E-state index contributed by atoms with van der Waals surface area (Å²) in [6, 6.07) is 5.95. The van der Waals surface area contributed by atoms with Crippen LogP contribution in [0.25, 0.3) is 0 Å². The average Bonchev–Trinajstić information content (AvgIpc) is 2.36. The molecule has 0 spiro atoms. The van der Waals surface area contributed by atoms with Crippen LogP contribution in [0.4, 0.5) is 0 Å². The predicted octanol–water partition coefficient (Wildman–Crippen LogP) is -0.477. The third-order valence-corrected chi connectivity index (χ3v) is 2.29. The van der Waals surface area contributed by atoms with Gasteiger partial charge in [0.25, 0.3) is 5.91 Å². The molecule has 18 heavy (non-hydrogen) atoms. The van der Waals surface area contributed by atoms with E-state index in [4.69, 9.17) is 10.5 Å². The summed E-state index contributed by atoms with van der Waals surface area (Å²) >= 11 is 0. The SMILES string of the molecule is COCC(O)CNC(=O)c1ccc(C(N)=O)cc1. The molecule has 0 bridgehead atoms. The summed E-state index contributed by atoms with van der Waals surface area (Å²) in [6.45, 7) is 0.255. The van der Waals surface area contributed by atoms with Crippen LogP contribution in [0.1, 0.15) is 20.7 Å². The molecule has 0 fully saturated rings. The Balaban J connectivity index is 2.54. The van der Waals surface area contributed by atoms with Crippen molar-refractivity contribution in [3.05, 3.63) is 35.4 Å². The van der Waals surface area contributed by atoms with Crippen molar-refractivity contribution in [1.82, 2.24) is 5.32 Å². The van der Waals surface area contributed by atoms with Gasteiger partial charge >= 0.3 is 0 Å². The van der Waals surface area contributed by atoms with Crippen molar-refractivity contribution in [2.45, 2.75) is 6.10 Å². The van der Waals surface area contributed by atoms with Crippen LogP contribution in [-0.2, 0) is 4.74 Å². The molecule has 1 unspecified atom stereocenters. The van der Waals surface area contributed by atoms with E-state index in [1.54, 1.807) is 0 Å². The number of aliphatic hydroxyl groups excluding tert-OH is 1. The van der Waals surface area contributed by atoms with Gasteiger partial charge in [0.15, 0.2) is 0 Å². The van der Waals surface area contributed by atoms with E-state index in [9.17, 15) is 14.7 Å². The standard InChI is InChI=1S/C12H16N2O4/c1-18-7-10(15)6-14-12(17)9-4-2-8(3-5-9)11(13)16/h2-5,10,15H,6-7H2,1H3,(H2,13,16)(H,14,17). The molecular weight excluding hydrogens is 236 g/mol. The lowest BCUT2D eigenvalue weighted by atomic mass is 10.1. The normalized spacial score (nSPS) is 11.9. The first-order chi connectivity index (χ1) is 8.54. The minimum atomic E-state index is -0.746. The van der Waals surface area contributed by atoms with Crippen LogP contribution >= 0.6 is 0 Å². The Kier molecular flexibility index (Phi) is 5.29. The summed E-state index contributed by atoms with van der Waals surface area (Å²) in [4.78, 5) is 22.5. The second kappa shape index (κ2) is 6.73.